The van der Waals surface area contributed by atoms with Crippen LogP contribution >= 0.6 is 0 Å². The molecular formula is C15H28N2O2. The molecule has 0 radical (unpaired) electrons. The highest BCUT2D eigenvalue weighted by Gasteiger charge is 2.34. The lowest BCUT2D eigenvalue weighted by Gasteiger charge is -2.45. The Labute approximate surface area is 116 Å². The van der Waals surface area contributed by atoms with Crippen LogP contribution in [0.3, 0.4) is 0 Å². The van der Waals surface area contributed by atoms with Gasteiger partial charge in [-0.1, -0.05) is 20.3 Å². The van der Waals surface area contributed by atoms with Crippen LogP contribution in [0.5, 0.6) is 0 Å². The molecule has 110 valence electrons. The van der Waals surface area contributed by atoms with E-state index in [9.17, 15) is 4.79 Å². The van der Waals surface area contributed by atoms with Crippen molar-refractivity contribution >= 4 is 5.91 Å². The van der Waals surface area contributed by atoms with Crippen molar-refractivity contribution in [1.29, 1.82) is 0 Å². The van der Waals surface area contributed by atoms with E-state index in [0.29, 0.717) is 5.92 Å². The maximum atomic E-state index is 11.9. The number of amides is 1. The van der Waals surface area contributed by atoms with Crippen LogP contribution in [-0.2, 0) is 4.79 Å². The van der Waals surface area contributed by atoms with Crippen LogP contribution in [0.25, 0.3) is 0 Å². The molecule has 0 aromatic carbocycles. The van der Waals surface area contributed by atoms with E-state index in [1.165, 1.54) is 19.3 Å². The quantitative estimate of drug-likeness (QED) is 0.792. The highest BCUT2D eigenvalue weighted by Crippen LogP contribution is 2.30. The van der Waals surface area contributed by atoms with Crippen molar-refractivity contribution in [1.82, 2.24) is 10.2 Å². The van der Waals surface area contributed by atoms with Crippen LogP contribution in [0, 0.1) is 11.8 Å². The van der Waals surface area contributed by atoms with Gasteiger partial charge in [-0.3, -0.25) is 9.69 Å². The third kappa shape index (κ3) is 3.93. The number of nitrogens with one attached hydrogen (secondary N) is 1. The number of rotatable bonds is 5. The minimum Gasteiger partial charge on any atom is -0.396 e. The van der Waals surface area contributed by atoms with Gasteiger partial charge in [-0.2, -0.15) is 0 Å². The zero-order chi connectivity index (χ0) is 13.8. The first-order valence-electron chi connectivity index (χ1n) is 7.75. The third-order valence-corrected chi connectivity index (χ3v) is 4.56. The average molecular weight is 268 g/mol. The van der Waals surface area contributed by atoms with Gasteiger partial charge < -0.3 is 10.4 Å². The number of aliphatic hydroxyl groups excluding tert-OH is 1. The second-order valence-corrected chi connectivity index (χ2v) is 6.51. The van der Waals surface area contributed by atoms with Gasteiger partial charge >= 0.3 is 0 Å². The molecule has 2 N–H and O–H groups in total. The Morgan fingerprint density at radius 1 is 1.37 bits per heavy atom. The molecule has 1 amide bonds. The summed E-state index contributed by atoms with van der Waals surface area (Å²) in [6, 6.07) is 0.987. The van der Waals surface area contributed by atoms with E-state index < -0.39 is 0 Å². The van der Waals surface area contributed by atoms with E-state index in [0.717, 1.165) is 32.0 Å². The summed E-state index contributed by atoms with van der Waals surface area (Å²) in [6.45, 7) is 6.22. The van der Waals surface area contributed by atoms with Crippen LogP contribution in [-0.4, -0.2) is 47.7 Å². The number of hydrogen-bond acceptors (Lipinski definition) is 3. The smallest absolute Gasteiger partial charge is 0.222 e. The first-order chi connectivity index (χ1) is 9.10. The molecule has 2 unspecified atom stereocenters. The summed E-state index contributed by atoms with van der Waals surface area (Å²) >= 11 is 0. The Morgan fingerprint density at radius 3 is 2.63 bits per heavy atom. The highest BCUT2D eigenvalue weighted by atomic mass is 16.3. The lowest BCUT2D eigenvalue weighted by Crippen LogP contribution is -2.55. The predicted molar refractivity (Wildman–Crippen MR) is 75.8 cm³/mol. The molecule has 4 heteroatoms. The van der Waals surface area contributed by atoms with Gasteiger partial charge in [0.05, 0.1) is 0 Å². The summed E-state index contributed by atoms with van der Waals surface area (Å²) in [5.74, 6) is 0.732. The number of aliphatic hydroxyl groups is 1. The second-order valence-electron chi connectivity index (χ2n) is 6.51. The SMILES string of the molecule is CC(C)C(=O)NC1CC(CCO)CN(C2CCC2)C1. The van der Waals surface area contributed by atoms with Gasteiger partial charge in [0.15, 0.2) is 0 Å². The van der Waals surface area contributed by atoms with Crippen LogP contribution in [0.1, 0.15) is 46.0 Å². The topological polar surface area (TPSA) is 52.6 Å². The number of likely N-dealkylation sites (tertiary alicyclic amines) is 1. The standard InChI is InChI=1S/C15H28N2O2/c1-11(2)15(19)16-13-8-12(6-7-18)9-17(10-13)14-4-3-5-14/h11-14,18H,3-10H2,1-2H3,(H,16,19). The Bertz CT molecular complexity index is 303. The largest absolute Gasteiger partial charge is 0.396 e. The van der Waals surface area contributed by atoms with E-state index in [1.54, 1.807) is 0 Å². The zero-order valence-corrected chi connectivity index (χ0v) is 12.3. The molecule has 2 aliphatic rings. The molecule has 1 heterocycles. The summed E-state index contributed by atoms with van der Waals surface area (Å²) in [4.78, 5) is 14.4. The van der Waals surface area contributed by atoms with Crippen LogP contribution in [0.2, 0.25) is 0 Å². The normalized spacial score (nSPS) is 29.3. The number of piperidine rings is 1. The number of carbonyl (C=O) groups excluding carboxylic acids is 1. The van der Waals surface area contributed by atoms with Gasteiger partial charge in [0.1, 0.15) is 0 Å². The molecule has 2 atom stereocenters. The summed E-state index contributed by atoms with van der Waals surface area (Å²) in [5.41, 5.74) is 0. The maximum absolute atomic E-state index is 11.9. The molecule has 4 nitrogen and oxygen atoms in total. The number of hydrogen-bond donors (Lipinski definition) is 2. The number of nitrogens with zero attached hydrogens (tertiary/aromatic N) is 1. The first-order valence-corrected chi connectivity index (χ1v) is 7.75. The minimum atomic E-state index is 0.0513. The summed E-state index contributed by atoms with van der Waals surface area (Å²) in [5, 5.41) is 12.3. The molecule has 19 heavy (non-hydrogen) atoms. The molecular weight excluding hydrogens is 240 g/mol. The maximum Gasteiger partial charge on any atom is 0.222 e. The van der Waals surface area contributed by atoms with Crippen LogP contribution in [0.4, 0.5) is 0 Å². The fourth-order valence-electron chi connectivity index (χ4n) is 3.15. The summed E-state index contributed by atoms with van der Waals surface area (Å²) in [6.07, 6.45) is 5.82. The monoisotopic (exact) mass is 268 g/mol. The van der Waals surface area contributed by atoms with Gasteiger partial charge in [0, 0.05) is 37.7 Å². The summed E-state index contributed by atoms with van der Waals surface area (Å²) < 4.78 is 0. The van der Waals surface area contributed by atoms with Crippen molar-refractivity contribution in [2.24, 2.45) is 11.8 Å². The molecule has 0 aromatic heterocycles. The lowest BCUT2D eigenvalue weighted by molar-refractivity contribution is -0.125. The predicted octanol–water partition coefficient (Wildman–Crippen LogP) is 1.38. The van der Waals surface area contributed by atoms with Gasteiger partial charge in [0.2, 0.25) is 5.91 Å². The zero-order valence-electron chi connectivity index (χ0n) is 12.3. The van der Waals surface area contributed by atoms with Crippen LogP contribution < -0.4 is 5.32 Å². The molecule has 0 aromatic rings. The van der Waals surface area contributed by atoms with Crippen molar-refractivity contribution in [3.05, 3.63) is 0 Å². The average Bonchev–Trinajstić information content (AvgIpc) is 2.26. The fourth-order valence-corrected chi connectivity index (χ4v) is 3.15. The lowest BCUT2D eigenvalue weighted by atomic mass is 9.85. The summed E-state index contributed by atoms with van der Waals surface area (Å²) in [7, 11) is 0. The molecule has 1 aliphatic carbocycles. The van der Waals surface area contributed by atoms with Crippen molar-refractivity contribution < 1.29 is 9.90 Å². The van der Waals surface area contributed by atoms with Crippen molar-refractivity contribution in [2.75, 3.05) is 19.7 Å². The van der Waals surface area contributed by atoms with E-state index in [1.807, 2.05) is 13.8 Å². The number of carbonyl (C=O) groups is 1. The Morgan fingerprint density at radius 2 is 2.11 bits per heavy atom. The van der Waals surface area contributed by atoms with Gasteiger partial charge in [-0.25, -0.2) is 0 Å². The van der Waals surface area contributed by atoms with Crippen LogP contribution in [0.15, 0.2) is 0 Å². The second kappa shape index (κ2) is 6.71. The van der Waals surface area contributed by atoms with E-state index >= 15 is 0 Å². The molecule has 1 aliphatic heterocycles. The van der Waals surface area contributed by atoms with Crippen molar-refractivity contribution in [2.45, 2.75) is 58.0 Å². The highest BCUT2D eigenvalue weighted by molar-refractivity contribution is 5.78. The van der Waals surface area contributed by atoms with Gasteiger partial charge in [0.25, 0.3) is 0 Å². The Kier molecular flexibility index (Phi) is 5.22. The van der Waals surface area contributed by atoms with Gasteiger partial charge in [-0.05, 0) is 31.6 Å². The third-order valence-electron chi connectivity index (χ3n) is 4.56. The molecule has 0 bridgehead atoms. The minimum absolute atomic E-state index is 0.0513. The molecule has 2 rings (SSSR count). The van der Waals surface area contributed by atoms with Crippen molar-refractivity contribution in [3.63, 3.8) is 0 Å². The van der Waals surface area contributed by atoms with E-state index in [2.05, 4.69) is 10.2 Å². The van der Waals surface area contributed by atoms with E-state index in [-0.39, 0.29) is 24.5 Å². The molecule has 2 fully saturated rings. The Hall–Kier alpha value is -0.610. The van der Waals surface area contributed by atoms with Gasteiger partial charge in [-0.15, -0.1) is 0 Å². The first kappa shape index (κ1) is 14.8. The van der Waals surface area contributed by atoms with Crippen molar-refractivity contribution in [3.8, 4) is 0 Å². The fraction of sp³-hybridized carbons (Fsp3) is 0.933. The van der Waals surface area contributed by atoms with E-state index in [4.69, 9.17) is 5.11 Å². The molecule has 1 saturated carbocycles. The Balaban J connectivity index is 1.91. The molecule has 0 spiro atoms. The molecule has 1 saturated heterocycles.